The highest BCUT2D eigenvalue weighted by molar-refractivity contribution is 5.95. The minimum Gasteiger partial charge on any atom is -0.480 e. The Labute approximate surface area is 118 Å². The number of rotatable bonds is 7. The minimum absolute atomic E-state index is 0.0107. The summed E-state index contributed by atoms with van der Waals surface area (Å²) < 4.78 is 4.86. The monoisotopic (exact) mass is 285 g/mol. The summed E-state index contributed by atoms with van der Waals surface area (Å²) in [6, 6.07) is -0.940. The van der Waals surface area contributed by atoms with Crippen LogP contribution in [0.4, 0.5) is 0 Å². The van der Waals surface area contributed by atoms with E-state index in [4.69, 9.17) is 4.74 Å². The van der Waals surface area contributed by atoms with Gasteiger partial charge in [-0.3, -0.25) is 9.59 Å². The average molecular weight is 285 g/mol. The van der Waals surface area contributed by atoms with Crippen molar-refractivity contribution >= 4 is 17.8 Å². The molecular weight excluding hydrogens is 262 g/mol. The fourth-order valence-corrected chi connectivity index (χ4v) is 2.54. The topological polar surface area (TPSA) is 92.7 Å². The van der Waals surface area contributed by atoms with Gasteiger partial charge < -0.3 is 15.2 Å². The second kappa shape index (κ2) is 6.72. The quantitative estimate of drug-likeness (QED) is 0.685. The van der Waals surface area contributed by atoms with E-state index in [0.29, 0.717) is 12.8 Å². The zero-order valence-electron chi connectivity index (χ0n) is 12.4. The van der Waals surface area contributed by atoms with E-state index in [1.807, 2.05) is 27.7 Å². The van der Waals surface area contributed by atoms with Gasteiger partial charge in [-0.1, -0.05) is 40.5 Å². The van der Waals surface area contributed by atoms with Gasteiger partial charge in [0.25, 0.3) is 5.91 Å². The summed E-state index contributed by atoms with van der Waals surface area (Å²) in [5.41, 5.74) is 0. The van der Waals surface area contributed by atoms with Gasteiger partial charge in [0.1, 0.15) is 12.0 Å². The molecule has 1 fully saturated rings. The lowest BCUT2D eigenvalue weighted by Crippen LogP contribution is -2.59. The van der Waals surface area contributed by atoms with Crippen LogP contribution < -0.4 is 5.32 Å². The first-order valence-electron chi connectivity index (χ1n) is 7.07. The minimum atomic E-state index is -1.06. The Morgan fingerprint density at radius 3 is 2.20 bits per heavy atom. The first-order chi connectivity index (χ1) is 9.33. The summed E-state index contributed by atoms with van der Waals surface area (Å²) in [7, 11) is 0. The number of cyclic esters (lactones) is 1. The van der Waals surface area contributed by atoms with E-state index in [2.05, 4.69) is 5.32 Å². The molecule has 0 aromatic rings. The highest BCUT2D eigenvalue weighted by atomic mass is 16.6. The molecule has 6 nitrogen and oxygen atoms in total. The number of nitrogens with one attached hydrogen (secondary N) is 1. The van der Waals surface area contributed by atoms with Crippen molar-refractivity contribution in [2.24, 2.45) is 17.8 Å². The lowest BCUT2D eigenvalue weighted by Gasteiger charge is -2.37. The Balaban J connectivity index is 2.72. The number of carboxylic acids is 1. The van der Waals surface area contributed by atoms with E-state index >= 15 is 0 Å². The molecule has 0 saturated carbocycles. The number of carbonyl (C=O) groups is 3. The second-order valence-electron chi connectivity index (χ2n) is 5.53. The third kappa shape index (κ3) is 3.29. The van der Waals surface area contributed by atoms with Crippen molar-refractivity contribution < 1.29 is 24.2 Å². The number of carboxylic acid groups (broad SMARTS) is 1. The Bertz CT molecular complexity index is 389. The SMILES string of the molecule is CCC(CC)[C@H](NC(=O)[C@@H]1OC(=O)[C@H]1C(C)C)C(=O)O. The molecule has 0 radical (unpaired) electrons. The van der Waals surface area contributed by atoms with Crippen molar-refractivity contribution in [2.75, 3.05) is 0 Å². The molecule has 0 spiro atoms. The highest BCUT2D eigenvalue weighted by Crippen LogP contribution is 2.29. The van der Waals surface area contributed by atoms with Crippen LogP contribution in [0.15, 0.2) is 0 Å². The van der Waals surface area contributed by atoms with Gasteiger partial charge in [-0.25, -0.2) is 4.79 Å². The lowest BCUT2D eigenvalue weighted by molar-refractivity contribution is -0.193. The van der Waals surface area contributed by atoms with Crippen LogP contribution >= 0.6 is 0 Å². The van der Waals surface area contributed by atoms with Crippen LogP contribution in [0.3, 0.4) is 0 Å². The molecule has 1 heterocycles. The van der Waals surface area contributed by atoms with Gasteiger partial charge in [0, 0.05) is 0 Å². The summed E-state index contributed by atoms with van der Waals surface area (Å²) in [4.78, 5) is 34.7. The smallest absolute Gasteiger partial charge is 0.326 e. The maximum absolute atomic E-state index is 12.1. The summed E-state index contributed by atoms with van der Waals surface area (Å²) >= 11 is 0. The number of carbonyl (C=O) groups excluding carboxylic acids is 2. The summed E-state index contributed by atoms with van der Waals surface area (Å²) in [6.45, 7) is 7.44. The standard InChI is InChI=1S/C14H23NO5/c1-5-8(6-2)10(13(17)18)15-12(16)11-9(7(3)4)14(19)20-11/h7-11H,5-6H2,1-4H3,(H,15,16)(H,17,18)/t9-,10-,11+/m0/s1. The van der Waals surface area contributed by atoms with Crippen LogP contribution in [0, 0.1) is 17.8 Å². The van der Waals surface area contributed by atoms with Crippen molar-refractivity contribution in [1.82, 2.24) is 5.32 Å². The number of ether oxygens (including phenoxy) is 1. The zero-order chi connectivity index (χ0) is 15.4. The first kappa shape index (κ1) is 16.5. The van der Waals surface area contributed by atoms with Crippen LogP contribution in [0.25, 0.3) is 0 Å². The van der Waals surface area contributed by atoms with Crippen molar-refractivity contribution in [3.8, 4) is 0 Å². The van der Waals surface area contributed by atoms with Gasteiger partial charge in [0.15, 0.2) is 6.10 Å². The molecule has 1 aliphatic rings. The highest BCUT2D eigenvalue weighted by Gasteiger charge is 2.49. The van der Waals surface area contributed by atoms with Gasteiger partial charge in [0.2, 0.25) is 0 Å². The maximum atomic E-state index is 12.1. The molecule has 1 saturated heterocycles. The fraction of sp³-hybridized carbons (Fsp3) is 0.786. The molecule has 1 aliphatic heterocycles. The van der Waals surface area contributed by atoms with Crippen molar-refractivity contribution in [3.05, 3.63) is 0 Å². The van der Waals surface area contributed by atoms with Crippen LogP contribution in [0.2, 0.25) is 0 Å². The molecule has 3 atom stereocenters. The van der Waals surface area contributed by atoms with Crippen LogP contribution in [-0.2, 0) is 19.1 Å². The van der Waals surface area contributed by atoms with E-state index in [-0.39, 0.29) is 11.8 Å². The fourth-order valence-electron chi connectivity index (χ4n) is 2.54. The molecule has 0 unspecified atom stereocenters. The van der Waals surface area contributed by atoms with Crippen molar-refractivity contribution in [2.45, 2.75) is 52.7 Å². The Hall–Kier alpha value is -1.59. The molecule has 114 valence electrons. The molecule has 1 amide bonds. The Morgan fingerprint density at radius 2 is 1.85 bits per heavy atom. The molecule has 0 aromatic carbocycles. The van der Waals surface area contributed by atoms with Crippen LogP contribution in [0.5, 0.6) is 0 Å². The van der Waals surface area contributed by atoms with E-state index in [1.54, 1.807) is 0 Å². The van der Waals surface area contributed by atoms with Crippen LogP contribution in [0.1, 0.15) is 40.5 Å². The summed E-state index contributed by atoms with van der Waals surface area (Å²) in [5.74, 6) is -2.59. The largest absolute Gasteiger partial charge is 0.480 e. The molecule has 1 rings (SSSR count). The molecule has 20 heavy (non-hydrogen) atoms. The van der Waals surface area contributed by atoms with Crippen molar-refractivity contribution in [1.29, 1.82) is 0 Å². The van der Waals surface area contributed by atoms with Gasteiger partial charge in [-0.15, -0.1) is 0 Å². The number of esters is 1. The van der Waals surface area contributed by atoms with Crippen molar-refractivity contribution in [3.63, 3.8) is 0 Å². The molecule has 6 heteroatoms. The van der Waals surface area contributed by atoms with E-state index < -0.39 is 35.9 Å². The zero-order valence-corrected chi connectivity index (χ0v) is 12.4. The number of aliphatic carboxylic acids is 1. The van der Waals surface area contributed by atoms with E-state index in [1.165, 1.54) is 0 Å². The maximum Gasteiger partial charge on any atom is 0.326 e. The number of amides is 1. The van der Waals surface area contributed by atoms with Gasteiger partial charge in [0.05, 0.1) is 0 Å². The Kier molecular flexibility index (Phi) is 5.53. The average Bonchev–Trinajstić information content (AvgIpc) is 2.34. The third-order valence-electron chi connectivity index (χ3n) is 3.90. The van der Waals surface area contributed by atoms with Gasteiger partial charge in [-0.05, 0) is 11.8 Å². The number of hydrogen-bond acceptors (Lipinski definition) is 4. The third-order valence-corrected chi connectivity index (χ3v) is 3.90. The van der Waals surface area contributed by atoms with Gasteiger partial charge >= 0.3 is 11.9 Å². The molecular formula is C14H23NO5. The lowest BCUT2D eigenvalue weighted by atomic mass is 9.85. The van der Waals surface area contributed by atoms with E-state index in [0.717, 1.165) is 0 Å². The second-order valence-corrected chi connectivity index (χ2v) is 5.53. The summed E-state index contributed by atoms with van der Waals surface area (Å²) in [5, 5.41) is 11.7. The van der Waals surface area contributed by atoms with Gasteiger partial charge in [-0.2, -0.15) is 0 Å². The molecule has 2 N–H and O–H groups in total. The first-order valence-corrected chi connectivity index (χ1v) is 7.07. The molecule has 0 bridgehead atoms. The van der Waals surface area contributed by atoms with Crippen LogP contribution in [-0.4, -0.2) is 35.1 Å². The molecule has 0 aromatic heterocycles. The predicted octanol–water partition coefficient (Wildman–Crippen LogP) is 1.19. The Morgan fingerprint density at radius 1 is 1.30 bits per heavy atom. The molecule has 0 aliphatic carbocycles. The number of hydrogen-bond donors (Lipinski definition) is 2. The van der Waals surface area contributed by atoms with E-state index in [9.17, 15) is 19.5 Å². The summed E-state index contributed by atoms with van der Waals surface area (Å²) in [6.07, 6.45) is 0.455. The normalized spacial score (nSPS) is 23.2. The predicted molar refractivity (Wildman–Crippen MR) is 71.8 cm³/mol.